The molecular weight excluding hydrogens is 448 g/mol. The number of carbonyl (C=O) groups excluding carboxylic acids is 2. The molecule has 1 N–H and O–H groups in total. The van der Waals surface area contributed by atoms with Gasteiger partial charge in [0.05, 0.1) is 30.1 Å². The maximum Gasteiger partial charge on any atom is 0.269 e. The molecule has 0 spiro atoms. The summed E-state index contributed by atoms with van der Waals surface area (Å²) >= 11 is 1.38. The highest BCUT2D eigenvalue weighted by Crippen LogP contribution is 2.16. The molecule has 0 bridgehead atoms. The molecule has 0 aromatic heterocycles. The number of nitro groups is 1. The number of nitrogens with zero attached hydrogens (tertiary/aromatic N) is 3. The highest BCUT2D eigenvalue weighted by Gasteiger charge is 2.17. The van der Waals surface area contributed by atoms with Crippen molar-refractivity contribution in [3.63, 3.8) is 0 Å². The van der Waals surface area contributed by atoms with Gasteiger partial charge in [0.15, 0.2) is 6.61 Å². The van der Waals surface area contributed by atoms with E-state index < -0.39 is 4.92 Å². The van der Waals surface area contributed by atoms with E-state index in [-0.39, 0.29) is 29.9 Å². The quantitative estimate of drug-likeness (QED) is 0.319. The van der Waals surface area contributed by atoms with Crippen molar-refractivity contribution in [3.8, 4) is 5.75 Å². The van der Waals surface area contributed by atoms with E-state index in [0.717, 1.165) is 11.1 Å². The fraction of sp³-hybridized carbons (Fsp3) is 0.318. The van der Waals surface area contributed by atoms with Crippen LogP contribution in [0.3, 0.4) is 0 Å². The number of hydrogen-bond acceptors (Lipinski definition) is 8. The van der Waals surface area contributed by atoms with Crippen LogP contribution >= 0.6 is 11.8 Å². The molecule has 11 heteroatoms. The van der Waals surface area contributed by atoms with Gasteiger partial charge in [-0.25, -0.2) is 5.43 Å². The van der Waals surface area contributed by atoms with Crippen molar-refractivity contribution >= 4 is 35.5 Å². The van der Waals surface area contributed by atoms with Crippen molar-refractivity contribution in [2.45, 2.75) is 5.75 Å². The first-order chi connectivity index (χ1) is 16.0. The summed E-state index contributed by atoms with van der Waals surface area (Å²) in [5.41, 5.74) is 4.16. The molecule has 174 valence electrons. The maximum atomic E-state index is 12.1. The molecule has 0 atom stereocenters. The smallest absolute Gasteiger partial charge is 0.269 e. The summed E-state index contributed by atoms with van der Waals surface area (Å²) in [7, 11) is 0. The molecule has 10 nitrogen and oxygen atoms in total. The number of hydrogen-bond donors (Lipinski definition) is 1. The number of nitro benzene ring substituents is 1. The van der Waals surface area contributed by atoms with Crippen LogP contribution in [0.15, 0.2) is 53.6 Å². The fourth-order valence-electron chi connectivity index (χ4n) is 2.89. The van der Waals surface area contributed by atoms with Gasteiger partial charge >= 0.3 is 0 Å². The molecule has 2 aromatic rings. The first kappa shape index (κ1) is 24.2. The van der Waals surface area contributed by atoms with E-state index in [4.69, 9.17) is 9.47 Å². The lowest BCUT2D eigenvalue weighted by atomic mass is 10.2. The second-order valence-corrected chi connectivity index (χ2v) is 8.05. The van der Waals surface area contributed by atoms with Gasteiger partial charge in [0.25, 0.3) is 11.6 Å². The molecule has 1 aliphatic heterocycles. The summed E-state index contributed by atoms with van der Waals surface area (Å²) < 4.78 is 10.8. The SMILES string of the molecule is O=C(CSCc1ccc([N+](=O)[O-])cc1)N/N=C\c1ccc(OCC(=O)N2CCOCC2)cc1. The molecule has 0 aliphatic carbocycles. The summed E-state index contributed by atoms with van der Waals surface area (Å²) in [5.74, 6) is 1.02. The van der Waals surface area contributed by atoms with Crippen LogP contribution in [0.5, 0.6) is 5.75 Å². The molecule has 33 heavy (non-hydrogen) atoms. The van der Waals surface area contributed by atoms with Gasteiger partial charge in [0, 0.05) is 31.0 Å². The minimum absolute atomic E-state index is 0.0268. The molecule has 1 fully saturated rings. The standard InChI is InChI=1S/C22H24N4O6S/c27-21(16-33-15-18-1-5-19(6-2-18)26(29)30)24-23-13-17-3-7-20(8-4-17)32-14-22(28)25-9-11-31-12-10-25/h1-8,13H,9-12,14-16H2,(H,24,27)/b23-13-. The Morgan fingerprint density at radius 1 is 1.15 bits per heavy atom. The van der Waals surface area contributed by atoms with Gasteiger partial charge in [-0.1, -0.05) is 12.1 Å². The van der Waals surface area contributed by atoms with Crippen LogP contribution in [0.4, 0.5) is 5.69 Å². The van der Waals surface area contributed by atoms with Crippen molar-refractivity contribution in [3.05, 3.63) is 69.8 Å². The Morgan fingerprint density at radius 2 is 1.85 bits per heavy atom. The molecule has 2 aromatic carbocycles. The number of amides is 2. The topological polar surface area (TPSA) is 123 Å². The predicted octanol–water partition coefficient (Wildman–Crippen LogP) is 2.22. The third-order valence-electron chi connectivity index (χ3n) is 4.66. The first-order valence-electron chi connectivity index (χ1n) is 10.2. The predicted molar refractivity (Wildman–Crippen MR) is 124 cm³/mol. The number of non-ortho nitro benzene ring substituents is 1. The lowest BCUT2D eigenvalue weighted by molar-refractivity contribution is -0.384. The fourth-order valence-corrected chi connectivity index (χ4v) is 3.67. The van der Waals surface area contributed by atoms with E-state index in [1.54, 1.807) is 41.3 Å². The lowest BCUT2D eigenvalue weighted by Crippen LogP contribution is -2.42. The zero-order valence-electron chi connectivity index (χ0n) is 17.8. The van der Waals surface area contributed by atoms with Crippen LogP contribution in [-0.2, 0) is 20.1 Å². The second-order valence-electron chi connectivity index (χ2n) is 7.06. The summed E-state index contributed by atoms with van der Waals surface area (Å²) in [6.07, 6.45) is 1.52. The normalized spacial score (nSPS) is 13.6. The minimum Gasteiger partial charge on any atom is -0.484 e. The number of carbonyl (C=O) groups is 2. The van der Waals surface area contributed by atoms with Gasteiger partial charge in [0.1, 0.15) is 5.75 Å². The Hall–Kier alpha value is -3.44. The van der Waals surface area contributed by atoms with Crippen molar-refractivity contribution in [2.75, 3.05) is 38.7 Å². The third kappa shape index (κ3) is 8.20. The summed E-state index contributed by atoms with van der Waals surface area (Å²) in [6, 6.07) is 13.2. The van der Waals surface area contributed by atoms with Gasteiger partial charge in [0.2, 0.25) is 5.91 Å². The zero-order valence-corrected chi connectivity index (χ0v) is 18.7. The van der Waals surface area contributed by atoms with Crippen molar-refractivity contribution in [1.82, 2.24) is 10.3 Å². The Morgan fingerprint density at radius 3 is 2.52 bits per heavy atom. The third-order valence-corrected chi connectivity index (χ3v) is 5.66. The Labute approximate surface area is 195 Å². The number of nitrogens with one attached hydrogen (secondary N) is 1. The number of thioether (sulfide) groups is 1. The zero-order chi connectivity index (χ0) is 23.5. The van der Waals surface area contributed by atoms with E-state index in [1.165, 1.54) is 30.1 Å². The van der Waals surface area contributed by atoms with E-state index in [9.17, 15) is 19.7 Å². The Balaban J connectivity index is 1.34. The highest BCUT2D eigenvalue weighted by atomic mass is 32.2. The molecule has 3 rings (SSSR count). The van der Waals surface area contributed by atoms with Crippen LogP contribution in [0.1, 0.15) is 11.1 Å². The van der Waals surface area contributed by atoms with E-state index in [1.807, 2.05) is 0 Å². The summed E-state index contributed by atoms with van der Waals surface area (Å²) in [5, 5.41) is 14.6. The Bertz CT molecular complexity index is 975. The molecule has 0 radical (unpaired) electrons. The molecule has 1 saturated heterocycles. The van der Waals surface area contributed by atoms with Gasteiger partial charge in [-0.05, 0) is 35.4 Å². The monoisotopic (exact) mass is 472 g/mol. The van der Waals surface area contributed by atoms with E-state index >= 15 is 0 Å². The average molecular weight is 473 g/mol. The van der Waals surface area contributed by atoms with Crippen LogP contribution in [-0.4, -0.2) is 66.5 Å². The number of rotatable bonds is 10. The minimum atomic E-state index is -0.448. The number of ether oxygens (including phenoxy) is 2. The maximum absolute atomic E-state index is 12.1. The van der Waals surface area contributed by atoms with E-state index in [2.05, 4.69) is 10.5 Å². The largest absolute Gasteiger partial charge is 0.484 e. The van der Waals surface area contributed by atoms with Crippen molar-refractivity contribution in [2.24, 2.45) is 5.10 Å². The summed E-state index contributed by atoms with van der Waals surface area (Å²) in [4.78, 5) is 35.9. The molecule has 1 aliphatic rings. The molecule has 1 heterocycles. The van der Waals surface area contributed by atoms with Gasteiger partial charge in [-0.3, -0.25) is 19.7 Å². The molecule has 2 amide bonds. The molecule has 0 saturated carbocycles. The van der Waals surface area contributed by atoms with E-state index in [0.29, 0.717) is 37.8 Å². The number of morpholine rings is 1. The van der Waals surface area contributed by atoms with Crippen LogP contribution < -0.4 is 10.2 Å². The van der Waals surface area contributed by atoms with Crippen LogP contribution in [0.25, 0.3) is 0 Å². The lowest BCUT2D eigenvalue weighted by Gasteiger charge is -2.26. The average Bonchev–Trinajstić information content (AvgIpc) is 2.84. The highest BCUT2D eigenvalue weighted by molar-refractivity contribution is 7.99. The van der Waals surface area contributed by atoms with Gasteiger partial charge in [-0.2, -0.15) is 5.10 Å². The van der Waals surface area contributed by atoms with Crippen LogP contribution in [0.2, 0.25) is 0 Å². The molecular formula is C22H24N4O6S. The van der Waals surface area contributed by atoms with Crippen molar-refractivity contribution in [1.29, 1.82) is 0 Å². The number of benzene rings is 2. The number of hydrazone groups is 1. The van der Waals surface area contributed by atoms with Gasteiger partial charge in [-0.15, -0.1) is 11.8 Å². The van der Waals surface area contributed by atoms with Crippen LogP contribution in [0, 0.1) is 10.1 Å². The Kier molecular flexibility index (Phi) is 9.21. The van der Waals surface area contributed by atoms with Gasteiger partial charge < -0.3 is 14.4 Å². The molecule has 0 unspecified atom stereocenters. The second kappa shape index (κ2) is 12.6. The van der Waals surface area contributed by atoms with Crippen molar-refractivity contribution < 1.29 is 24.0 Å². The summed E-state index contributed by atoms with van der Waals surface area (Å²) in [6.45, 7) is 2.24. The first-order valence-corrected chi connectivity index (χ1v) is 11.4.